The molecule has 0 heterocycles. The van der Waals surface area contributed by atoms with E-state index in [1.165, 1.54) is 19.2 Å². The number of methoxy groups -OCH3 is 1. The van der Waals surface area contributed by atoms with Crippen molar-refractivity contribution >= 4 is 12.6 Å². The molecule has 0 spiro atoms. The molecule has 0 aromatic heterocycles. The third-order valence-corrected chi connectivity index (χ3v) is 2.20. The molecule has 0 bridgehead atoms. The lowest BCUT2D eigenvalue weighted by Crippen LogP contribution is -2.07. The highest BCUT2D eigenvalue weighted by Gasteiger charge is 2.34. The number of hydrogen-bond donors (Lipinski definition) is 1. The highest BCUT2D eigenvalue weighted by molar-refractivity contribution is 7.80. The minimum Gasteiger partial charge on any atom is -0.496 e. The fourth-order valence-corrected chi connectivity index (χ4v) is 1.34. The van der Waals surface area contributed by atoms with Gasteiger partial charge in [-0.1, -0.05) is 11.8 Å². The van der Waals surface area contributed by atoms with Gasteiger partial charge in [0.1, 0.15) is 5.75 Å². The van der Waals surface area contributed by atoms with Gasteiger partial charge in [0.25, 0.3) is 0 Å². The fraction of sp³-hybridized carbons (Fsp3) is 0.333. The fourth-order valence-electron chi connectivity index (χ4n) is 1.22. The van der Waals surface area contributed by atoms with E-state index in [2.05, 4.69) is 24.5 Å². The van der Waals surface area contributed by atoms with Crippen molar-refractivity contribution in [1.29, 1.82) is 0 Å². The van der Waals surface area contributed by atoms with Crippen LogP contribution in [0.25, 0.3) is 0 Å². The van der Waals surface area contributed by atoms with Crippen molar-refractivity contribution in [2.24, 2.45) is 0 Å². The maximum Gasteiger partial charge on any atom is 0.419 e. The van der Waals surface area contributed by atoms with Crippen molar-refractivity contribution in [2.75, 3.05) is 12.9 Å². The van der Waals surface area contributed by atoms with E-state index in [9.17, 15) is 13.2 Å². The Morgan fingerprint density at radius 1 is 1.35 bits per heavy atom. The smallest absolute Gasteiger partial charge is 0.419 e. The van der Waals surface area contributed by atoms with E-state index < -0.39 is 11.7 Å². The Morgan fingerprint density at radius 2 is 2.06 bits per heavy atom. The standard InChI is InChI=1S/C12H11F3OS/c1-16-11-8-9(4-2-3-7-17)5-6-10(11)12(13,14)15/h5-6,8,17H,3,7H2,1H3. The molecule has 0 aliphatic carbocycles. The summed E-state index contributed by atoms with van der Waals surface area (Å²) >= 11 is 3.98. The van der Waals surface area contributed by atoms with Crippen molar-refractivity contribution in [1.82, 2.24) is 0 Å². The predicted molar refractivity (Wildman–Crippen MR) is 63.3 cm³/mol. The zero-order chi connectivity index (χ0) is 12.9. The van der Waals surface area contributed by atoms with Crippen LogP contribution in [-0.2, 0) is 6.18 Å². The van der Waals surface area contributed by atoms with Gasteiger partial charge in [0.2, 0.25) is 0 Å². The van der Waals surface area contributed by atoms with Gasteiger partial charge in [0, 0.05) is 17.7 Å². The summed E-state index contributed by atoms with van der Waals surface area (Å²) in [5, 5.41) is 0. The molecular weight excluding hydrogens is 249 g/mol. The number of alkyl halides is 3. The van der Waals surface area contributed by atoms with Crippen LogP contribution in [0.15, 0.2) is 18.2 Å². The monoisotopic (exact) mass is 260 g/mol. The van der Waals surface area contributed by atoms with Gasteiger partial charge in [0.05, 0.1) is 12.7 Å². The number of rotatable bonds is 2. The van der Waals surface area contributed by atoms with Crippen LogP contribution < -0.4 is 4.74 Å². The van der Waals surface area contributed by atoms with Gasteiger partial charge >= 0.3 is 6.18 Å². The van der Waals surface area contributed by atoms with Crippen molar-refractivity contribution < 1.29 is 17.9 Å². The summed E-state index contributed by atoms with van der Waals surface area (Å²) in [6.07, 6.45) is -3.82. The normalized spacial score (nSPS) is 10.6. The lowest BCUT2D eigenvalue weighted by molar-refractivity contribution is -0.138. The second-order valence-corrected chi connectivity index (χ2v) is 3.64. The Hall–Kier alpha value is -1.28. The van der Waals surface area contributed by atoms with E-state index in [1.807, 2.05) is 0 Å². The van der Waals surface area contributed by atoms with Crippen molar-refractivity contribution in [3.8, 4) is 17.6 Å². The van der Waals surface area contributed by atoms with Crippen LogP contribution >= 0.6 is 12.6 Å². The van der Waals surface area contributed by atoms with Crippen molar-refractivity contribution in [3.63, 3.8) is 0 Å². The molecule has 0 saturated heterocycles. The molecule has 5 heteroatoms. The van der Waals surface area contributed by atoms with Crippen LogP contribution in [0.4, 0.5) is 13.2 Å². The Labute approximate surface area is 103 Å². The van der Waals surface area contributed by atoms with Gasteiger partial charge in [0.15, 0.2) is 0 Å². The molecule has 0 atom stereocenters. The first-order valence-corrected chi connectivity index (χ1v) is 5.47. The molecule has 0 radical (unpaired) electrons. The first kappa shape index (κ1) is 13.8. The SMILES string of the molecule is COc1cc(C#CCCS)ccc1C(F)(F)F. The summed E-state index contributed by atoms with van der Waals surface area (Å²) in [4.78, 5) is 0. The number of ether oxygens (including phenoxy) is 1. The molecule has 0 aliphatic rings. The second kappa shape index (κ2) is 5.87. The maximum atomic E-state index is 12.5. The first-order chi connectivity index (χ1) is 7.99. The predicted octanol–water partition coefficient (Wildman–Crippen LogP) is 3.39. The van der Waals surface area contributed by atoms with E-state index in [4.69, 9.17) is 4.74 Å². The van der Waals surface area contributed by atoms with E-state index in [0.29, 0.717) is 17.7 Å². The lowest BCUT2D eigenvalue weighted by Gasteiger charge is -2.11. The summed E-state index contributed by atoms with van der Waals surface area (Å²) in [6.45, 7) is 0. The molecule has 1 rings (SSSR count). The largest absolute Gasteiger partial charge is 0.496 e. The van der Waals surface area contributed by atoms with Crippen LogP contribution in [0.2, 0.25) is 0 Å². The minimum absolute atomic E-state index is 0.213. The molecule has 0 saturated carbocycles. The Balaban J connectivity index is 3.06. The van der Waals surface area contributed by atoms with Crippen LogP contribution in [-0.4, -0.2) is 12.9 Å². The summed E-state index contributed by atoms with van der Waals surface area (Å²) in [6, 6.07) is 3.59. The zero-order valence-corrected chi connectivity index (χ0v) is 10.0. The Kier molecular flexibility index (Phi) is 4.76. The van der Waals surface area contributed by atoms with E-state index in [0.717, 1.165) is 6.07 Å². The molecule has 0 amide bonds. The highest BCUT2D eigenvalue weighted by Crippen LogP contribution is 2.36. The topological polar surface area (TPSA) is 9.23 Å². The van der Waals surface area contributed by atoms with Crippen LogP contribution in [0.3, 0.4) is 0 Å². The molecule has 1 nitrogen and oxygen atoms in total. The maximum absolute atomic E-state index is 12.5. The van der Waals surface area contributed by atoms with E-state index in [-0.39, 0.29) is 5.75 Å². The lowest BCUT2D eigenvalue weighted by atomic mass is 10.1. The quantitative estimate of drug-likeness (QED) is 0.633. The van der Waals surface area contributed by atoms with E-state index in [1.54, 1.807) is 0 Å². The van der Waals surface area contributed by atoms with Gasteiger partial charge < -0.3 is 4.74 Å². The average Bonchev–Trinajstić information content (AvgIpc) is 2.28. The summed E-state index contributed by atoms with van der Waals surface area (Å²) in [5.41, 5.74) is -0.295. The molecule has 0 N–H and O–H groups in total. The van der Waals surface area contributed by atoms with Crippen molar-refractivity contribution in [2.45, 2.75) is 12.6 Å². The molecule has 17 heavy (non-hydrogen) atoms. The number of benzene rings is 1. The van der Waals surface area contributed by atoms with E-state index >= 15 is 0 Å². The molecular formula is C12H11F3OS. The zero-order valence-electron chi connectivity index (χ0n) is 9.14. The Bertz CT molecular complexity index is 443. The summed E-state index contributed by atoms with van der Waals surface area (Å²) in [5.74, 6) is 5.95. The third kappa shape index (κ3) is 3.90. The molecule has 0 aliphatic heterocycles. The second-order valence-electron chi connectivity index (χ2n) is 3.19. The van der Waals surface area contributed by atoms with Gasteiger partial charge in [-0.2, -0.15) is 25.8 Å². The third-order valence-electron chi connectivity index (χ3n) is 1.98. The highest BCUT2D eigenvalue weighted by atomic mass is 32.1. The first-order valence-electron chi connectivity index (χ1n) is 4.84. The summed E-state index contributed by atoms with van der Waals surface area (Å²) < 4.78 is 42.4. The summed E-state index contributed by atoms with van der Waals surface area (Å²) in [7, 11) is 1.20. The molecule has 1 aromatic carbocycles. The molecule has 0 unspecified atom stereocenters. The minimum atomic E-state index is -4.41. The van der Waals surface area contributed by atoms with Gasteiger partial charge in [-0.15, -0.1) is 0 Å². The Morgan fingerprint density at radius 3 is 2.59 bits per heavy atom. The van der Waals surface area contributed by atoms with Crippen molar-refractivity contribution in [3.05, 3.63) is 29.3 Å². The van der Waals surface area contributed by atoms with Gasteiger partial charge in [-0.3, -0.25) is 0 Å². The number of halogens is 3. The van der Waals surface area contributed by atoms with Gasteiger partial charge in [-0.05, 0) is 18.2 Å². The van der Waals surface area contributed by atoms with Gasteiger partial charge in [-0.25, -0.2) is 0 Å². The molecule has 92 valence electrons. The average molecular weight is 260 g/mol. The molecule has 0 fully saturated rings. The van der Waals surface area contributed by atoms with Crippen LogP contribution in [0.1, 0.15) is 17.5 Å². The number of hydrogen-bond acceptors (Lipinski definition) is 2. The van der Waals surface area contributed by atoms with Crippen LogP contribution in [0.5, 0.6) is 5.75 Å². The molecule has 1 aromatic rings. The number of thiol groups is 1. The van der Waals surface area contributed by atoms with Crippen LogP contribution in [0, 0.1) is 11.8 Å².